The third kappa shape index (κ3) is 5.70. The molecule has 0 radical (unpaired) electrons. The van der Waals surface area contributed by atoms with E-state index < -0.39 is 33.7 Å². The molecule has 0 aliphatic carbocycles. The van der Waals surface area contributed by atoms with Crippen LogP contribution >= 0.6 is 11.6 Å². The second-order valence-corrected chi connectivity index (χ2v) is 10.3. The lowest BCUT2D eigenvalue weighted by molar-refractivity contribution is -0.137. The Morgan fingerprint density at radius 2 is 1.85 bits per heavy atom. The molecule has 0 spiro atoms. The fourth-order valence-electron chi connectivity index (χ4n) is 4.56. The fourth-order valence-corrected chi connectivity index (χ4v) is 5.37. The predicted molar refractivity (Wildman–Crippen MR) is 150 cm³/mol. The number of fused-ring (bicyclic) bond motifs is 2. The van der Waals surface area contributed by atoms with Crippen LogP contribution in [0.25, 0.3) is 27.5 Å². The van der Waals surface area contributed by atoms with Crippen molar-refractivity contribution < 1.29 is 31.1 Å². The molecule has 0 fully saturated rings. The van der Waals surface area contributed by atoms with E-state index in [9.17, 15) is 26.4 Å². The van der Waals surface area contributed by atoms with E-state index >= 15 is 0 Å². The van der Waals surface area contributed by atoms with E-state index in [1.54, 1.807) is 53.2 Å². The highest BCUT2D eigenvalue weighted by Crippen LogP contribution is 2.38. The van der Waals surface area contributed by atoms with Crippen LogP contribution in [0.2, 0.25) is 5.02 Å². The van der Waals surface area contributed by atoms with Gasteiger partial charge in [0.15, 0.2) is 0 Å². The molecule has 3 aromatic carbocycles. The molecule has 0 atom stereocenters. The van der Waals surface area contributed by atoms with Crippen LogP contribution in [0.5, 0.6) is 0 Å². The Kier molecular flexibility index (Phi) is 7.87. The third-order valence-corrected chi connectivity index (χ3v) is 7.49. The molecule has 0 unspecified atom stereocenters. The Hall–Kier alpha value is -4.16. The summed E-state index contributed by atoms with van der Waals surface area (Å²) in [5.41, 5.74) is 1.30. The van der Waals surface area contributed by atoms with Gasteiger partial charge in [-0.15, -0.1) is 0 Å². The van der Waals surface area contributed by atoms with Crippen molar-refractivity contribution in [1.29, 1.82) is 0 Å². The molecule has 41 heavy (non-hydrogen) atoms. The van der Waals surface area contributed by atoms with Gasteiger partial charge in [0.2, 0.25) is 10.9 Å². The number of pyridine rings is 1. The molecule has 0 aliphatic rings. The van der Waals surface area contributed by atoms with Crippen LogP contribution in [0.15, 0.2) is 73.1 Å². The Morgan fingerprint density at radius 3 is 2.54 bits per heavy atom. The maximum atomic E-state index is 13.3. The van der Waals surface area contributed by atoms with Gasteiger partial charge in [0.25, 0.3) is 0 Å². The zero-order valence-corrected chi connectivity index (χ0v) is 23.1. The summed E-state index contributed by atoms with van der Waals surface area (Å²) in [6.07, 6.45) is -1.80. The van der Waals surface area contributed by atoms with Gasteiger partial charge in [-0.1, -0.05) is 42.8 Å². The van der Waals surface area contributed by atoms with E-state index in [1.807, 2.05) is 6.92 Å². The van der Waals surface area contributed by atoms with Gasteiger partial charge in [0.1, 0.15) is 5.82 Å². The first kappa shape index (κ1) is 28.4. The summed E-state index contributed by atoms with van der Waals surface area (Å²) in [5.74, 6) is 0.563. The van der Waals surface area contributed by atoms with Gasteiger partial charge in [-0.2, -0.15) is 17.5 Å². The van der Waals surface area contributed by atoms with Gasteiger partial charge < -0.3 is 4.74 Å². The number of aryl methyl sites for hydroxylation is 1. The van der Waals surface area contributed by atoms with Crippen molar-refractivity contribution in [2.24, 2.45) is 0 Å². The van der Waals surface area contributed by atoms with E-state index in [0.29, 0.717) is 44.9 Å². The number of thiol groups is 1. The first-order valence-corrected chi connectivity index (χ1v) is 13.9. The van der Waals surface area contributed by atoms with E-state index in [-0.39, 0.29) is 17.8 Å². The molecule has 0 saturated heterocycles. The van der Waals surface area contributed by atoms with E-state index in [2.05, 4.69) is 9.97 Å². The number of aromatic nitrogens is 3. The minimum atomic E-state index is -4.60. The number of amides is 1. The maximum absolute atomic E-state index is 13.3. The fraction of sp³-hybridized carbons (Fsp3) is 0.179. The second kappa shape index (κ2) is 11.4. The number of halogens is 4. The molecular formula is C28H22ClF3N4O4S. The van der Waals surface area contributed by atoms with Crippen LogP contribution in [-0.4, -0.2) is 35.7 Å². The summed E-state index contributed by atoms with van der Waals surface area (Å²) in [5, 5.41) is 0.782. The van der Waals surface area contributed by atoms with E-state index in [4.69, 9.17) is 16.3 Å². The standard InChI is InChI=1S/C28H22ClF3N4O4S/c1-2-26-34-23-14-21(28(30,31)32)22(29)15-25(23)35(26)19-8-6-17(7-9-19)11-13-40-27(37)36(41(38)39)24-5-3-4-18-16-33-12-10-20(18)24/h3-10,12,14-16,41H,2,11,13H2,1H3. The molecule has 2 aromatic heterocycles. The van der Waals surface area contributed by atoms with Crippen LogP contribution in [0.3, 0.4) is 0 Å². The molecule has 13 heteroatoms. The Labute approximate surface area is 239 Å². The third-order valence-electron chi connectivity index (χ3n) is 6.47. The number of carbonyl (C=O) groups excluding carboxylic acids is 1. The number of hydrogen-bond acceptors (Lipinski definition) is 6. The number of rotatable bonds is 7. The molecule has 1 amide bonds. The quantitative estimate of drug-likeness (QED) is 0.213. The molecule has 0 saturated carbocycles. The highest BCUT2D eigenvalue weighted by atomic mass is 35.5. The summed E-state index contributed by atoms with van der Waals surface area (Å²) in [4.78, 5) is 21.1. The Balaban J connectivity index is 1.32. The van der Waals surface area contributed by atoms with Crippen molar-refractivity contribution in [3.63, 3.8) is 0 Å². The van der Waals surface area contributed by atoms with Crippen molar-refractivity contribution in [2.45, 2.75) is 25.9 Å². The topological polar surface area (TPSA) is 94.4 Å². The summed E-state index contributed by atoms with van der Waals surface area (Å²) in [6.45, 7) is 1.76. The zero-order valence-electron chi connectivity index (χ0n) is 21.4. The number of ether oxygens (including phenoxy) is 1. The van der Waals surface area contributed by atoms with Crippen molar-refractivity contribution in [1.82, 2.24) is 14.5 Å². The lowest BCUT2D eigenvalue weighted by Gasteiger charge is -2.17. The average Bonchev–Trinajstić information content (AvgIpc) is 3.30. The summed E-state index contributed by atoms with van der Waals surface area (Å²) in [7, 11) is -3.32. The van der Waals surface area contributed by atoms with Crippen LogP contribution in [0.1, 0.15) is 23.9 Å². The smallest absolute Gasteiger partial charge is 0.428 e. The first-order valence-electron chi connectivity index (χ1n) is 12.4. The lowest BCUT2D eigenvalue weighted by Crippen LogP contribution is -2.30. The number of anilines is 1. The normalized spacial score (nSPS) is 11.9. The molecule has 0 aliphatic heterocycles. The highest BCUT2D eigenvalue weighted by molar-refractivity contribution is 7.75. The number of alkyl halides is 3. The van der Waals surface area contributed by atoms with Crippen LogP contribution in [0.4, 0.5) is 23.7 Å². The molecule has 2 heterocycles. The second-order valence-electron chi connectivity index (χ2n) is 8.99. The van der Waals surface area contributed by atoms with Gasteiger partial charge >= 0.3 is 12.3 Å². The maximum Gasteiger partial charge on any atom is 0.428 e. The van der Waals surface area contributed by atoms with Crippen molar-refractivity contribution in [3.8, 4) is 5.69 Å². The van der Waals surface area contributed by atoms with Crippen molar-refractivity contribution >= 4 is 56.1 Å². The van der Waals surface area contributed by atoms with Gasteiger partial charge in [-0.3, -0.25) is 9.55 Å². The lowest BCUT2D eigenvalue weighted by atomic mass is 10.1. The molecular weight excluding hydrogens is 581 g/mol. The van der Waals surface area contributed by atoms with Crippen LogP contribution in [0, 0.1) is 0 Å². The number of hydrogen-bond donors (Lipinski definition) is 1. The van der Waals surface area contributed by atoms with Gasteiger partial charge in [-0.25, -0.2) is 18.2 Å². The number of imidazole rings is 1. The minimum Gasteiger partial charge on any atom is -0.448 e. The number of benzene rings is 3. The summed E-state index contributed by atoms with van der Waals surface area (Å²) in [6, 6.07) is 15.8. The van der Waals surface area contributed by atoms with E-state index in [0.717, 1.165) is 11.6 Å². The van der Waals surface area contributed by atoms with Crippen LogP contribution < -0.4 is 4.31 Å². The summed E-state index contributed by atoms with van der Waals surface area (Å²) >= 11 is 5.97. The predicted octanol–water partition coefficient (Wildman–Crippen LogP) is 6.52. The molecule has 5 rings (SSSR count). The Morgan fingerprint density at radius 1 is 1.10 bits per heavy atom. The van der Waals surface area contributed by atoms with Crippen LogP contribution in [-0.2, 0) is 34.6 Å². The molecule has 8 nitrogen and oxygen atoms in total. The SMILES string of the molecule is CCc1nc2cc(C(F)(F)F)c(Cl)cc2n1-c1ccc(CCOC(=O)N(c2cccc3cnccc23)[SH](=O)=O)cc1. The van der Waals surface area contributed by atoms with Crippen molar-refractivity contribution in [2.75, 3.05) is 10.9 Å². The van der Waals surface area contributed by atoms with Gasteiger partial charge in [0, 0.05) is 41.7 Å². The zero-order chi connectivity index (χ0) is 29.3. The monoisotopic (exact) mass is 602 g/mol. The van der Waals surface area contributed by atoms with Gasteiger partial charge in [0.05, 0.1) is 33.9 Å². The molecule has 5 aromatic rings. The van der Waals surface area contributed by atoms with E-state index in [1.165, 1.54) is 18.3 Å². The number of carbonyl (C=O) groups is 1. The average molecular weight is 603 g/mol. The van der Waals surface area contributed by atoms with Crippen molar-refractivity contribution in [3.05, 3.63) is 95.0 Å². The Bertz CT molecular complexity index is 1830. The molecule has 0 N–H and O–H groups in total. The summed E-state index contributed by atoms with van der Waals surface area (Å²) < 4.78 is 71.6. The molecule has 0 bridgehead atoms. The first-order chi connectivity index (χ1) is 19.6. The number of nitrogens with zero attached hydrogens (tertiary/aromatic N) is 4. The highest BCUT2D eigenvalue weighted by Gasteiger charge is 2.34. The van der Waals surface area contributed by atoms with Gasteiger partial charge in [-0.05, 0) is 42.0 Å². The molecule has 212 valence electrons. The largest absolute Gasteiger partial charge is 0.448 e. The minimum absolute atomic E-state index is 0.0891.